The Labute approximate surface area is 188 Å². The molecule has 2 aromatic heterocycles. The van der Waals surface area contributed by atoms with Crippen LogP contribution >= 0.6 is 0 Å². The summed E-state index contributed by atoms with van der Waals surface area (Å²) in [5.74, 6) is -1.46. The van der Waals surface area contributed by atoms with Crippen molar-refractivity contribution in [1.29, 1.82) is 5.41 Å². The molecule has 0 aliphatic carbocycles. The van der Waals surface area contributed by atoms with E-state index < -0.39 is 11.9 Å². The van der Waals surface area contributed by atoms with Crippen LogP contribution in [-0.4, -0.2) is 54.7 Å². The van der Waals surface area contributed by atoms with Crippen molar-refractivity contribution in [2.75, 3.05) is 11.9 Å². The highest BCUT2D eigenvalue weighted by molar-refractivity contribution is 6.06. The molecule has 1 aliphatic rings. The maximum absolute atomic E-state index is 13.3. The van der Waals surface area contributed by atoms with E-state index in [1.165, 1.54) is 23.2 Å². The second-order valence-corrected chi connectivity index (χ2v) is 7.55. The summed E-state index contributed by atoms with van der Waals surface area (Å²) in [5, 5.41) is 19.3. The molecule has 1 aliphatic heterocycles. The molecule has 4 rings (SSSR count). The van der Waals surface area contributed by atoms with Crippen LogP contribution in [0.2, 0.25) is 0 Å². The monoisotopic (exact) mass is 447 g/mol. The maximum Gasteiger partial charge on any atom is 0.305 e. The Bertz CT molecular complexity index is 1300. The molecule has 3 aromatic rings. The summed E-state index contributed by atoms with van der Waals surface area (Å²) in [6.07, 6.45) is 2.87. The Balaban J connectivity index is 1.69. The molecule has 3 heterocycles. The van der Waals surface area contributed by atoms with Crippen LogP contribution in [0.25, 0.3) is 5.69 Å². The highest BCUT2D eigenvalue weighted by atomic mass is 16.4. The number of carbonyl (C=O) groups is 3. The number of imidazole rings is 1. The van der Waals surface area contributed by atoms with E-state index in [-0.39, 0.29) is 36.9 Å². The Morgan fingerprint density at radius 2 is 2.03 bits per heavy atom. The third-order valence-electron chi connectivity index (χ3n) is 5.26. The van der Waals surface area contributed by atoms with E-state index in [0.29, 0.717) is 28.3 Å². The second-order valence-electron chi connectivity index (χ2n) is 7.55. The molecule has 0 unspecified atom stereocenters. The standard InChI is InChI=1S/C22H21N7O4/c1-12-10-26-18-11-28(7-5-19(30)31)22(33)15-9-14(2-3-17(15)29(12)18)27-21(32)16-8-13(20(23)24)4-6-25-16/h2-4,6,8-10H,5,7,11H2,1H3,(H3,23,24)(H,27,32)(H,30,31). The number of carboxylic acids is 1. The van der Waals surface area contributed by atoms with Crippen molar-refractivity contribution in [1.82, 2.24) is 19.4 Å². The third kappa shape index (κ3) is 4.28. The van der Waals surface area contributed by atoms with Crippen LogP contribution in [0.1, 0.15) is 44.3 Å². The molecule has 5 N–H and O–H groups in total. The first-order chi connectivity index (χ1) is 15.7. The number of carboxylic acid groups (broad SMARTS) is 1. The minimum atomic E-state index is -1.01. The predicted octanol–water partition coefficient (Wildman–Crippen LogP) is 1.54. The van der Waals surface area contributed by atoms with Crippen LogP contribution < -0.4 is 11.1 Å². The summed E-state index contributed by atoms with van der Waals surface area (Å²) in [4.78, 5) is 46.9. The van der Waals surface area contributed by atoms with Gasteiger partial charge in [-0.2, -0.15) is 0 Å². The number of nitrogens with zero attached hydrogens (tertiary/aromatic N) is 4. The molecule has 33 heavy (non-hydrogen) atoms. The molecule has 0 fully saturated rings. The van der Waals surface area contributed by atoms with E-state index in [0.717, 1.165) is 5.69 Å². The number of nitrogens with two attached hydrogens (primary N) is 1. The van der Waals surface area contributed by atoms with Crippen LogP contribution in [0.15, 0.2) is 42.7 Å². The number of amides is 2. The lowest BCUT2D eigenvalue weighted by Gasteiger charge is -2.19. The van der Waals surface area contributed by atoms with Crippen molar-refractivity contribution in [3.63, 3.8) is 0 Å². The number of nitrogens with one attached hydrogen (secondary N) is 2. The lowest BCUT2D eigenvalue weighted by atomic mass is 10.1. The predicted molar refractivity (Wildman–Crippen MR) is 119 cm³/mol. The zero-order chi connectivity index (χ0) is 23.7. The highest BCUT2D eigenvalue weighted by Crippen LogP contribution is 2.28. The summed E-state index contributed by atoms with van der Waals surface area (Å²) >= 11 is 0. The number of anilines is 1. The molecule has 0 saturated carbocycles. The van der Waals surface area contributed by atoms with Gasteiger partial charge in [-0.3, -0.25) is 29.3 Å². The topological polar surface area (TPSA) is 167 Å². The SMILES string of the molecule is Cc1cnc2n1-c1ccc(NC(=O)c3cc(C(=N)N)ccn3)cc1C(=O)N(CCC(=O)O)C2. The van der Waals surface area contributed by atoms with E-state index in [4.69, 9.17) is 16.2 Å². The van der Waals surface area contributed by atoms with Crippen molar-refractivity contribution in [2.24, 2.45) is 5.73 Å². The van der Waals surface area contributed by atoms with Gasteiger partial charge < -0.3 is 21.1 Å². The maximum atomic E-state index is 13.3. The molecule has 0 spiro atoms. The average molecular weight is 447 g/mol. The number of amidine groups is 1. The summed E-state index contributed by atoms with van der Waals surface area (Å²) in [6.45, 7) is 2.05. The Kier molecular flexibility index (Phi) is 5.61. The van der Waals surface area contributed by atoms with E-state index >= 15 is 0 Å². The number of aliphatic carboxylic acids is 1. The summed E-state index contributed by atoms with van der Waals surface area (Å²) in [5.41, 5.74) is 8.00. The average Bonchev–Trinajstić information content (AvgIpc) is 3.10. The Morgan fingerprint density at radius 1 is 1.24 bits per heavy atom. The van der Waals surface area contributed by atoms with E-state index in [2.05, 4.69) is 15.3 Å². The van der Waals surface area contributed by atoms with Crippen LogP contribution in [0.3, 0.4) is 0 Å². The number of hydrogen-bond donors (Lipinski definition) is 4. The normalized spacial score (nSPS) is 12.5. The number of carbonyl (C=O) groups excluding carboxylic acids is 2. The molecule has 11 heteroatoms. The van der Waals surface area contributed by atoms with Gasteiger partial charge in [-0.1, -0.05) is 0 Å². The number of aryl methyl sites for hydroxylation is 1. The number of rotatable bonds is 6. The van der Waals surface area contributed by atoms with Crippen molar-refractivity contribution in [2.45, 2.75) is 19.9 Å². The van der Waals surface area contributed by atoms with Gasteiger partial charge in [-0.15, -0.1) is 0 Å². The van der Waals surface area contributed by atoms with Gasteiger partial charge in [0.1, 0.15) is 17.4 Å². The van der Waals surface area contributed by atoms with Crippen LogP contribution in [-0.2, 0) is 11.3 Å². The van der Waals surface area contributed by atoms with Gasteiger partial charge in [-0.05, 0) is 37.3 Å². The van der Waals surface area contributed by atoms with E-state index in [1.807, 2.05) is 11.5 Å². The molecule has 11 nitrogen and oxygen atoms in total. The first-order valence-corrected chi connectivity index (χ1v) is 10.0. The lowest BCUT2D eigenvalue weighted by molar-refractivity contribution is -0.137. The third-order valence-corrected chi connectivity index (χ3v) is 5.26. The summed E-state index contributed by atoms with van der Waals surface area (Å²) < 4.78 is 1.84. The molecular formula is C22H21N7O4. The Hall–Kier alpha value is -4.54. The number of fused-ring (bicyclic) bond motifs is 3. The molecule has 1 aromatic carbocycles. The fourth-order valence-electron chi connectivity index (χ4n) is 3.65. The zero-order valence-corrected chi connectivity index (χ0v) is 17.7. The molecule has 0 atom stereocenters. The van der Waals surface area contributed by atoms with Crippen molar-refractivity contribution < 1.29 is 19.5 Å². The first kappa shape index (κ1) is 21.7. The molecule has 168 valence electrons. The minimum Gasteiger partial charge on any atom is -0.481 e. The van der Waals surface area contributed by atoms with Crippen LogP contribution in [0.4, 0.5) is 5.69 Å². The number of aromatic nitrogens is 3. The number of pyridine rings is 1. The number of benzene rings is 1. The van der Waals surface area contributed by atoms with E-state index in [1.54, 1.807) is 24.4 Å². The van der Waals surface area contributed by atoms with Gasteiger partial charge in [0.15, 0.2) is 0 Å². The van der Waals surface area contributed by atoms with Gasteiger partial charge in [0.05, 0.1) is 24.2 Å². The van der Waals surface area contributed by atoms with Gasteiger partial charge in [0.25, 0.3) is 11.8 Å². The summed E-state index contributed by atoms with van der Waals surface area (Å²) in [6, 6.07) is 7.85. The van der Waals surface area contributed by atoms with Crippen molar-refractivity contribution in [3.8, 4) is 5.69 Å². The molecule has 0 saturated heterocycles. The molecule has 2 amide bonds. The Morgan fingerprint density at radius 3 is 2.76 bits per heavy atom. The molecule has 0 bridgehead atoms. The first-order valence-electron chi connectivity index (χ1n) is 10.0. The van der Waals surface area contributed by atoms with Gasteiger partial charge in [-0.25, -0.2) is 4.98 Å². The second kappa shape index (κ2) is 8.54. The van der Waals surface area contributed by atoms with Gasteiger partial charge in [0.2, 0.25) is 0 Å². The summed E-state index contributed by atoms with van der Waals surface area (Å²) in [7, 11) is 0. The van der Waals surface area contributed by atoms with Crippen molar-refractivity contribution in [3.05, 3.63) is 71.1 Å². The zero-order valence-electron chi connectivity index (χ0n) is 17.7. The lowest BCUT2D eigenvalue weighted by Crippen LogP contribution is -2.32. The van der Waals surface area contributed by atoms with E-state index in [9.17, 15) is 14.4 Å². The largest absolute Gasteiger partial charge is 0.481 e. The quantitative estimate of drug-likeness (QED) is 0.328. The smallest absolute Gasteiger partial charge is 0.305 e. The minimum absolute atomic E-state index is 0.0257. The van der Waals surface area contributed by atoms with Crippen LogP contribution in [0, 0.1) is 12.3 Å². The van der Waals surface area contributed by atoms with Gasteiger partial charge >= 0.3 is 5.97 Å². The van der Waals surface area contributed by atoms with Gasteiger partial charge in [0, 0.05) is 35.9 Å². The number of nitrogen functional groups attached to an aromatic ring is 1. The van der Waals surface area contributed by atoms with Crippen LogP contribution in [0.5, 0.6) is 0 Å². The molecular weight excluding hydrogens is 426 g/mol. The fraction of sp³-hybridized carbons (Fsp3) is 0.182. The fourth-order valence-corrected chi connectivity index (χ4v) is 3.65. The number of hydrogen-bond acceptors (Lipinski definition) is 6. The highest BCUT2D eigenvalue weighted by Gasteiger charge is 2.28. The van der Waals surface area contributed by atoms with Crippen molar-refractivity contribution >= 4 is 29.3 Å². The molecule has 0 radical (unpaired) electrons.